The maximum Gasteiger partial charge on any atom is 0.238 e. The van der Waals surface area contributed by atoms with Gasteiger partial charge in [-0.05, 0) is 12.8 Å². The molecule has 1 saturated carbocycles. The number of rotatable bonds is 3. The minimum atomic E-state index is -0.887. The van der Waals surface area contributed by atoms with Gasteiger partial charge in [-0.1, -0.05) is 0 Å². The van der Waals surface area contributed by atoms with E-state index in [0.29, 0.717) is 65.2 Å². The van der Waals surface area contributed by atoms with Gasteiger partial charge in [0, 0.05) is 59.3 Å². The van der Waals surface area contributed by atoms with E-state index in [4.69, 9.17) is 0 Å². The van der Waals surface area contributed by atoms with E-state index in [-0.39, 0.29) is 17.7 Å². The molecule has 0 atom stereocenters. The van der Waals surface area contributed by atoms with Gasteiger partial charge in [0.2, 0.25) is 24.1 Å². The highest BCUT2D eigenvalue weighted by molar-refractivity contribution is 6.08. The standard InChI is InChI=1S/C16H24N4O4/c1-13(22)18-8-10-20(11-9-18)15(24)16(2-3-16)14(23)19-6-4-17(12-21)5-7-19/h12H,2-11H2,1H3. The SMILES string of the molecule is CC(=O)N1CCN(C(=O)C2(C(=O)N3CCN(C=O)CC3)CC2)CC1. The van der Waals surface area contributed by atoms with Gasteiger partial charge < -0.3 is 19.6 Å². The number of carbonyl (C=O) groups is 4. The van der Waals surface area contributed by atoms with Gasteiger partial charge >= 0.3 is 0 Å². The van der Waals surface area contributed by atoms with E-state index in [9.17, 15) is 19.2 Å². The first-order chi connectivity index (χ1) is 11.5. The van der Waals surface area contributed by atoms with Gasteiger partial charge in [-0.3, -0.25) is 19.2 Å². The normalized spacial score (nSPS) is 23.0. The highest BCUT2D eigenvalue weighted by Gasteiger charge is 2.59. The summed E-state index contributed by atoms with van der Waals surface area (Å²) < 4.78 is 0. The molecule has 8 heteroatoms. The average Bonchev–Trinajstić information content (AvgIpc) is 3.42. The maximum absolute atomic E-state index is 12.9. The minimum Gasteiger partial charge on any atom is -0.342 e. The zero-order valence-corrected chi connectivity index (χ0v) is 14.1. The van der Waals surface area contributed by atoms with Crippen molar-refractivity contribution < 1.29 is 19.2 Å². The number of amides is 4. The van der Waals surface area contributed by atoms with Gasteiger partial charge in [0.15, 0.2) is 0 Å². The Labute approximate surface area is 141 Å². The third-order valence-electron chi connectivity index (χ3n) is 5.33. The Morgan fingerprint density at radius 2 is 1.17 bits per heavy atom. The van der Waals surface area contributed by atoms with Crippen LogP contribution >= 0.6 is 0 Å². The number of piperazine rings is 2. The summed E-state index contributed by atoms with van der Waals surface area (Å²) >= 11 is 0. The van der Waals surface area contributed by atoms with Gasteiger partial charge in [0.1, 0.15) is 5.41 Å². The molecule has 2 saturated heterocycles. The molecule has 3 fully saturated rings. The Bertz CT molecular complexity index is 544. The van der Waals surface area contributed by atoms with E-state index in [0.717, 1.165) is 6.41 Å². The van der Waals surface area contributed by atoms with E-state index in [1.807, 2.05) is 0 Å². The summed E-state index contributed by atoms with van der Waals surface area (Å²) in [6.45, 7) is 5.61. The third kappa shape index (κ3) is 2.97. The molecule has 1 aliphatic carbocycles. The number of hydrogen-bond donors (Lipinski definition) is 0. The first-order valence-electron chi connectivity index (χ1n) is 8.51. The Morgan fingerprint density at radius 1 is 0.750 bits per heavy atom. The lowest BCUT2D eigenvalue weighted by Crippen LogP contribution is -2.56. The molecule has 0 unspecified atom stereocenters. The first kappa shape index (κ1) is 16.7. The molecule has 0 N–H and O–H groups in total. The summed E-state index contributed by atoms with van der Waals surface area (Å²) in [6.07, 6.45) is 2.01. The third-order valence-corrected chi connectivity index (χ3v) is 5.33. The van der Waals surface area contributed by atoms with E-state index in [2.05, 4.69) is 0 Å². The summed E-state index contributed by atoms with van der Waals surface area (Å²) in [5.74, 6) is -0.159. The number of hydrogen-bond acceptors (Lipinski definition) is 4. The highest BCUT2D eigenvalue weighted by Crippen LogP contribution is 2.49. The zero-order valence-electron chi connectivity index (χ0n) is 14.1. The van der Waals surface area contributed by atoms with Gasteiger partial charge in [-0.25, -0.2) is 0 Å². The van der Waals surface area contributed by atoms with E-state index in [1.165, 1.54) is 6.92 Å². The Morgan fingerprint density at radius 3 is 1.54 bits per heavy atom. The van der Waals surface area contributed by atoms with Crippen LogP contribution in [0.15, 0.2) is 0 Å². The van der Waals surface area contributed by atoms with Crippen molar-refractivity contribution in [2.75, 3.05) is 52.4 Å². The molecule has 24 heavy (non-hydrogen) atoms. The van der Waals surface area contributed by atoms with Crippen molar-refractivity contribution in [3.63, 3.8) is 0 Å². The fourth-order valence-electron chi connectivity index (χ4n) is 3.50. The van der Waals surface area contributed by atoms with Crippen molar-refractivity contribution in [3.05, 3.63) is 0 Å². The number of nitrogens with zero attached hydrogens (tertiary/aromatic N) is 4. The molecule has 2 heterocycles. The molecule has 0 spiro atoms. The lowest BCUT2D eigenvalue weighted by atomic mass is 10.0. The Kier molecular flexibility index (Phi) is 4.47. The van der Waals surface area contributed by atoms with Gasteiger partial charge in [0.25, 0.3) is 0 Å². The highest BCUT2D eigenvalue weighted by atomic mass is 16.2. The number of carbonyl (C=O) groups excluding carboxylic acids is 4. The molecular weight excluding hydrogens is 312 g/mol. The second-order valence-electron chi connectivity index (χ2n) is 6.81. The molecule has 0 aromatic carbocycles. The van der Waals surface area contributed by atoms with Crippen LogP contribution in [-0.4, -0.2) is 96.1 Å². The molecule has 0 aromatic heterocycles. The molecule has 8 nitrogen and oxygen atoms in total. The molecule has 4 amide bonds. The molecule has 3 aliphatic rings. The molecule has 132 valence electrons. The zero-order chi connectivity index (χ0) is 17.3. The van der Waals surface area contributed by atoms with Crippen molar-refractivity contribution in [2.24, 2.45) is 5.41 Å². The molecule has 0 bridgehead atoms. The van der Waals surface area contributed by atoms with Crippen molar-refractivity contribution >= 4 is 24.1 Å². The average molecular weight is 336 g/mol. The molecular formula is C16H24N4O4. The van der Waals surface area contributed by atoms with Crippen LogP contribution in [0.5, 0.6) is 0 Å². The van der Waals surface area contributed by atoms with Crippen LogP contribution in [0.2, 0.25) is 0 Å². The summed E-state index contributed by atoms with van der Waals surface area (Å²) in [7, 11) is 0. The Hall–Kier alpha value is -2.12. The smallest absolute Gasteiger partial charge is 0.238 e. The summed E-state index contributed by atoms with van der Waals surface area (Å²) in [5.41, 5.74) is -0.887. The van der Waals surface area contributed by atoms with Crippen LogP contribution in [0.3, 0.4) is 0 Å². The fourth-order valence-corrected chi connectivity index (χ4v) is 3.50. The van der Waals surface area contributed by atoms with Crippen LogP contribution in [0, 0.1) is 5.41 Å². The minimum absolute atomic E-state index is 0.0207. The van der Waals surface area contributed by atoms with Gasteiger partial charge in [0.05, 0.1) is 0 Å². The van der Waals surface area contributed by atoms with Crippen molar-refractivity contribution in [2.45, 2.75) is 19.8 Å². The Balaban J connectivity index is 1.59. The second kappa shape index (κ2) is 6.41. The van der Waals surface area contributed by atoms with E-state index >= 15 is 0 Å². The molecule has 0 radical (unpaired) electrons. The summed E-state index contributed by atoms with van der Waals surface area (Å²) in [4.78, 5) is 54.7. The van der Waals surface area contributed by atoms with Gasteiger partial charge in [-0.15, -0.1) is 0 Å². The second-order valence-corrected chi connectivity index (χ2v) is 6.81. The fraction of sp³-hybridized carbons (Fsp3) is 0.750. The van der Waals surface area contributed by atoms with Crippen LogP contribution < -0.4 is 0 Å². The molecule has 3 rings (SSSR count). The van der Waals surface area contributed by atoms with Crippen molar-refractivity contribution in [1.29, 1.82) is 0 Å². The lowest BCUT2D eigenvalue weighted by Gasteiger charge is -2.38. The van der Waals surface area contributed by atoms with E-state index < -0.39 is 5.41 Å². The quantitative estimate of drug-likeness (QED) is 0.477. The van der Waals surface area contributed by atoms with Gasteiger partial charge in [-0.2, -0.15) is 0 Å². The topological polar surface area (TPSA) is 81.2 Å². The van der Waals surface area contributed by atoms with Crippen molar-refractivity contribution in [3.8, 4) is 0 Å². The monoisotopic (exact) mass is 336 g/mol. The van der Waals surface area contributed by atoms with Crippen molar-refractivity contribution in [1.82, 2.24) is 19.6 Å². The summed E-state index contributed by atoms with van der Waals surface area (Å²) in [6, 6.07) is 0. The van der Waals surface area contributed by atoms with Crippen LogP contribution in [0.4, 0.5) is 0 Å². The first-order valence-corrected chi connectivity index (χ1v) is 8.51. The van der Waals surface area contributed by atoms with E-state index in [1.54, 1.807) is 19.6 Å². The van der Waals surface area contributed by atoms with Crippen LogP contribution in [0.1, 0.15) is 19.8 Å². The lowest BCUT2D eigenvalue weighted by molar-refractivity contribution is -0.153. The predicted molar refractivity (Wildman–Crippen MR) is 84.7 cm³/mol. The molecule has 0 aromatic rings. The predicted octanol–water partition coefficient (Wildman–Crippen LogP) is -1.24. The maximum atomic E-state index is 12.9. The van der Waals surface area contributed by atoms with Crippen LogP contribution in [-0.2, 0) is 19.2 Å². The van der Waals surface area contributed by atoms with Crippen LogP contribution in [0.25, 0.3) is 0 Å². The largest absolute Gasteiger partial charge is 0.342 e. The summed E-state index contributed by atoms with van der Waals surface area (Å²) in [5, 5.41) is 0. The molecule has 2 aliphatic heterocycles.